The first-order valence-corrected chi connectivity index (χ1v) is 14.5. The van der Waals surface area contributed by atoms with Gasteiger partial charge in [0, 0.05) is 25.7 Å². The summed E-state index contributed by atoms with van der Waals surface area (Å²) in [5, 5.41) is 13.7. The quantitative estimate of drug-likeness (QED) is 0.367. The summed E-state index contributed by atoms with van der Waals surface area (Å²) >= 11 is 0. The molecule has 2 aliphatic heterocycles. The second kappa shape index (κ2) is 12.8. The number of benzene rings is 2. The average Bonchev–Trinajstić information content (AvgIpc) is 3.32. The zero-order valence-electron chi connectivity index (χ0n) is 21.7. The molecule has 212 valence electrons. The molecule has 2 saturated heterocycles. The summed E-state index contributed by atoms with van der Waals surface area (Å²) in [5.41, 5.74) is 5.66. The number of nitrogens with zero attached hydrogens (tertiary/aromatic N) is 1. The Kier molecular flexibility index (Phi) is 9.44. The summed E-state index contributed by atoms with van der Waals surface area (Å²) in [6.45, 7) is 2.09. The fourth-order valence-corrected chi connectivity index (χ4v) is 5.94. The van der Waals surface area contributed by atoms with E-state index in [1.807, 2.05) is 30.3 Å². The maximum absolute atomic E-state index is 12.5. The van der Waals surface area contributed by atoms with Crippen LogP contribution >= 0.6 is 0 Å². The molecule has 39 heavy (non-hydrogen) atoms. The van der Waals surface area contributed by atoms with E-state index in [1.165, 1.54) is 18.2 Å². The maximum Gasteiger partial charge on any atom is 0.410 e. The number of aliphatic hydroxyl groups excluding tert-OH is 1. The highest BCUT2D eigenvalue weighted by atomic mass is 32.2. The van der Waals surface area contributed by atoms with E-state index in [-0.39, 0.29) is 48.1 Å². The molecule has 4 rings (SSSR count). The third kappa shape index (κ3) is 8.15. The lowest BCUT2D eigenvalue weighted by Crippen LogP contribution is -2.47. The fraction of sp³-hybridized carbons (Fsp3) is 0.481. The van der Waals surface area contributed by atoms with E-state index >= 15 is 0 Å². The molecule has 12 heteroatoms. The molecular formula is C27H35N3O8S. The van der Waals surface area contributed by atoms with Crippen LogP contribution in [0, 0.1) is 0 Å². The van der Waals surface area contributed by atoms with Crippen molar-refractivity contribution in [1.29, 1.82) is 0 Å². The minimum absolute atomic E-state index is 0.0505. The number of nitrogens with one attached hydrogen (secondary N) is 1. The SMILES string of the molecule is NC(=O)CS(=O)(=O)c1cccc(OC[C@@H](O)CN[C@H]2COC3(CCN(C(=O)OCc4ccccc4)CC3)C2)c1. The van der Waals surface area contributed by atoms with E-state index in [2.05, 4.69) is 5.32 Å². The number of primary amides is 1. The molecule has 1 spiro atoms. The van der Waals surface area contributed by atoms with E-state index in [9.17, 15) is 23.1 Å². The van der Waals surface area contributed by atoms with Crippen molar-refractivity contribution < 1.29 is 37.3 Å². The number of aliphatic hydroxyl groups is 1. The van der Waals surface area contributed by atoms with Crippen molar-refractivity contribution in [3.63, 3.8) is 0 Å². The zero-order valence-corrected chi connectivity index (χ0v) is 22.5. The summed E-state index contributed by atoms with van der Waals surface area (Å²) < 4.78 is 41.5. The van der Waals surface area contributed by atoms with Gasteiger partial charge < -0.3 is 35.3 Å². The molecule has 2 aliphatic rings. The number of likely N-dealkylation sites (tertiary alicyclic amines) is 1. The van der Waals surface area contributed by atoms with Crippen molar-refractivity contribution >= 4 is 21.8 Å². The topological polar surface area (TPSA) is 157 Å². The number of nitrogens with two attached hydrogens (primary N) is 1. The number of sulfone groups is 1. The lowest BCUT2D eigenvalue weighted by Gasteiger charge is -2.38. The molecule has 0 bridgehead atoms. The van der Waals surface area contributed by atoms with Gasteiger partial charge in [-0.15, -0.1) is 0 Å². The molecule has 2 amide bonds. The van der Waals surface area contributed by atoms with Crippen LogP contribution in [0.5, 0.6) is 5.75 Å². The van der Waals surface area contributed by atoms with E-state index in [0.717, 1.165) is 12.0 Å². The summed E-state index contributed by atoms with van der Waals surface area (Å²) in [5.74, 6) is -1.46. The zero-order chi connectivity index (χ0) is 27.9. The van der Waals surface area contributed by atoms with Crippen molar-refractivity contribution in [2.24, 2.45) is 5.73 Å². The summed E-state index contributed by atoms with van der Waals surface area (Å²) in [7, 11) is -3.85. The second-order valence-corrected chi connectivity index (χ2v) is 12.0. The molecule has 11 nitrogen and oxygen atoms in total. The van der Waals surface area contributed by atoms with Gasteiger partial charge in [-0.1, -0.05) is 36.4 Å². The fourth-order valence-electron chi connectivity index (χ4n) is 4.81. The first-order valence-electron chi connectivity index (χ1n) is 12.9. The summed E-state index contributed by atoms with van der Waals surface area (Å²) in [6.07, 6.45) is 1.04. The van der Waals surface area contributed by atoms with Gasteiger partial charge in [-0.25, -0.2) is 13.2 Å². The first-order chi connectivity index (χ1) is 18.6. The minimum atomic E-state index is -3.85. The lowest BCUT2D eigenvalue weighted by atomic mass is 9.87. The highest BCUT2D eigenvalue weighted by molar-refractivity contribution is 7.92. The average molecular weight is 562 g/mol. The molecule has 0 aromatic heterocycles. The Morgan fingerprint density at radius 2 is 1.90 bits per heavy atom. The van der Waals surface area contributed by atoms with Crippen LogP contribution < -0.4 is 15.8 Å². The van der Waals surface area contributed by atoms with Crippen molar-refractivity contribution in [2.75, 3.05) is 38.6 Å². The van der Waals surface area contributed by atoms with Crippen LogP contribution in [0.3, 0.4) is 0 Å². The van der Waals surface area contributed by atoms with Gasteiger partial charge in [-0.2, -0.15) is 0 Å². The van der Waals surface area contributed by atoms with Crippen LogP contribution in [0.1, 0.15) is 24.8 Å². The van der Waals surface area contributed by atoms with E-state index in [4.69, 9.17) is 19.9 Å². The predicted octanol–water partition coefficient (Wildman–Crippen LogP) is 1.24. The Balaban J connectivity index is 1.16. The van der Waals surface area contributed by atoms with Gasteiger partial charge in [0.05, 0.1) is 17.1 Å². The monoisotopic (exact) mass is 561 g/mol. The van der Waals surface area contributed by atoms with Crippen LogP contribution in [0.4, 0.5) is 4.79 Å². The molecule has 0 unspecified atom stereocenters. The normalized spacial score (nSPS) is 19.5. The highest BCUT2D eigenvalue weighted by Crippen LogP contribution is 2.36. The standard InChI is InChI=1S/C27H35N3O8S/c28-25(32)19-39(34,35)24-8-4-7-23(13-24)36-18-22(31)15-29-21-14-27(38-17-21)9-11-30(12-10-27)26(33)37-16-20-5-2-1-3-6-20/h1-8,13,21-22,29,31H,9-12,14-19H2,(H2,28,32)/t21-,22+/m1/s1. The maximum atomic E-state index is 12.5. The molecule has 2 heterocycles. The van der Waals surface area contributed by atoms with Crippen molar-refractivity contribution in [1.82, 2.24) is 10.2 Å². The van der Waals surface area contributed by atoms with Crippen LogP contribution in [0.25, 0.3) is 0 Å². The number of rotatable bonds is 11. The second-order valence-electron chi connectivity index (χ2n) is 10.00. The summed E-state index contributed by atoms with van der Waals surface area (Å²) in [4.78, 5) is 25.1. The van der Waals surface area contributed by atoms with Crippen molar-refractivity contribution in [3.8, 4) is 5.75 Å². The van der Waals surface area contributed by atoms with Crippen LogP contribution in [0.15, 0.2) is 59.5 Å². The number of piperidine rings is 1. The Bertz CT molecular complexity index is 1230. The number of amides is 2. The van der Waals surface area contributed by atoms with Gasteiger partial charge in [-0.05, 0) is 43.0 Å². The van der Waals surface area contributed by atoms with Gasteiger partial charge in [0.1, 0.15) is 30.8 Å². The molecule has 2 atom stereocenters. The van der Waals surface area contributed by atoms with Gasteiger partial charge in [-0.3, -0.25) is 4.79 Å². The number of hydrogen-bond donors (Lipinski definition) is 3. The molecule has 2 aromatic carbocycles. The third-order valence-electron chi connectivity index (χ3n) is 6.93. The summed E-state index contributed by atoms with van der Waals surface area (Å²) in [6, 6.07) is 15.3. The number of ether oxygens (including phenoxy) is 3. The van der Waals surface area contributed by atoms with Crippen LogP contribution in [-0.2, 0) is 30.7 Å². The van der Waals surface area contributed by atoms with E-state index in [0.29, 0.717) is 32.5 Å². The van der Waals surface area contributed by atoms with Gasteiger partial charge in [0.25, 0.3) is 0 Å². The van der Waals surface area contributed by atoms with E-state index < -0.39 is 27.6 Å². The van der Waals surface area contributed by atoms with Crippen molar-refractivity contribution in [3.05, 3.63) is 60.2 Å². The molecular weight excluding hydrogens is 526 g/mol. The number of hydrogen-bond acceptors (Lipinski definition) is 9. The van der Waals surface area contributed by atoms with Crippen molar-refractivity contribution in [2.45, 2.75) is 48.5 Å². The Morgan fingerprint density at radius 3 is 2.62 bits per heavy atom. The Morgan fingerprint density at radius 1 is 1.15 bits per heavy atom. The molecule has 4 N–H and O–H groups in total. The van der Waals surface area contributed by atoms with E-state index in [1.54, 1.807) is 11.0 Å². The van der Waals surface area contributed by atoms with Crippen LogP contribution in [-0.4, -0.2) is 86.8 Å². The van der Waals surface area contributed by atoms with Gasteiger partial charge in [0.15, 0.2) is 9.84 Å². The Hall–Kier alpha value is -3.19. The smallest absolute Gasteiger partial charge is 0.410 e. The molecule has 0 saturated carbocycles. The first kappa shape index (κ1) is 28.8. The predicted molar refractivity (Wildman–Crippen MR) is 142 cm³/mol. The Labute approximate surface area is 228 Å². The number of carbonyl (C=O) groups is 2. The lowest BCUT2D eigenvalue weighted by molar-refractivity contribution is -0.115. The van der Waals surface area contributed by atoms with Gasteiger partial charge in [0.2, 0.25) is 5.91 Å². The molecule has 0 radical (unpaired) electrons. The molecule has 2 aromatic rings. The number of carbonyl (C=O) groups excluding carboxylic acids is 2. The molecule has 2 fully saturated rings. The van der Waals surface area contributed by atoms with Crippen LogP contribution in [0.2, 0.25) is 0 Å². The molecule has 0 aliphatic carbocycles. The largest absolute Gasteiger partial charge is 0.491 e. The minimum Gasteiger partial charge on any atom is -0.491 e. The van der Waals surface area contributed by atoms with Gasteiger partial charge >= 0.3 is 6.09 Å². The third-order valence-corrected chi connectivity index (χ3v) is 8.57. The highest BCUT2D eigenvalue weighted by Gasteiger charge is 2.43.